The van der Waals surface area contributed by atoms with Crippen molar-refractivity contribution in [1.82, 2.24) is 10.2 Å². The molecule has 1 unspecified atom stereocenters. The van der Waals surface area contributed by atoms with Crippen LogP contribution in [0, 0.1) is 5.92 Å². The van der Waals surface area contributed by atoms with Crippen molar-refractivity contribution in [3.8, 4) is 0 Å². The van der Waals surface area contributed by atoms with Crippen molar-refractivity contribution in [2.24, 2.45) is 5.92 Å². The third-order valence-corrected chi connectivity index (χ3v) is 3.94. The molecule has 0 bridgehead atoms. The van der Waals surface area contributed by atoms with Gasteiger partial charge in [0.1, 0.15) is 0 Å². The molecule has 0 amide bonds. The summed E-state index contributed by atoms with van der Waals surface area (Å²) in [4.78, 5) is 2.50. The maximum absolute atomic E-state index is 5.38. The zero-order chi connectivity index (χ0) is 14.2. The van der Waals surface area contributed by atoms with Gasteiger partial charge in [0.25, 0.3) is 0 Å². The zero-order valence-electron chi connectivity index (χ0n) is 12.8. The van der Waals surface area contributed by atoms with Crippen LogP contribution in [0.15, 0.2) is 30.3 Å². The van der Waals surface area contributed by atoms with Gasteiger partial charge in [0.2, 0.25) is 0 Å². The summed E-state index contributed by atoms with van der Waals surface area (Å²) in [7, 11) is 0. The fourth-order valence-corrected chi connectivity index (χ4v) is 2.78. The number of morpholine rings is 1. The summed E-state index contributed by atoms with van der Waals surface area (Å²) in [6, 6.07) is 11.2. The van der Waals surface area contributed by atoms with Crippen LogP contribution < -0.4 is 5.32 Å². The molecule has 1 atom stereocenters. The first-order chi connectivity index (χ1) is 9.77. The lowest BCUT2D eigenvalue weighted by atomic mass is 9.96. The van der Waals surface area contributed by atoms with E-state index in [2.05, 4.69) is 54.4 Å². The monoisotopic (exact) mass is 276 g/mol. The van der Waals surface area contributed by atoms with E-state index in [0.717, 1.165) is 32.8 Å². The second kappa shape index (κ2) is 8.40. The van der Waals surface area contributed by atoms with E-state index in [1.54, 1.807) is 0 Å². The van der Waals surface area contributed by atoms with Crippen LogP contribution in [0.4, 0.5) is 0 Å². The Morgan fingerprint density at radius 1 is 1.15 bits per heavy atom. The topological polar surface area (TPSA) is 24.5 Å². The smallest absolute Gasteiger partial charge is 0.0594 e. The number of nitrogens with one attached hydrogen (secondary N) is 1. The van der Waals surface area contributed by atoms with Crippen LogP contribution in [-0.4, -0.2) is 44.3 Å². The lowest BCUT2D eigenvalue weighted by molar-refractivity contribution is 0.0373. The molecule has 2 rings (SSSR count). The van der Waals surface area contributed by atoms with Gasteiger partial charge in [0.15, 0.2) is 0 Å². The number of nitrogens with zero attached hydrogens (tertiary/aromatic N) is 1. The Labute approximate surface area is 123 Å². The van der Waals surface area contributed by atoms with Gasteiger partial charge in [-0.25, -0.2) is 0 Å². The molecule has 3 heteroatoms. The molecule has 20 heavy (non-hydrogen) atoms. The minimum absolute atomic E-state index is 0.459. The normalized spacial score (nSPS) is 18.4. The van der Waals surface area contributed by atoms with Gasteiger partial charge in [-0.3, -0.25) is 4.90 Å². The first kappa shape index (κ1) is 15.5. The SMILES string of the molecule is CC(C)C(NCCCN1CCOCC1)c1ccccc1. The summed E-state index contributed by atoms with van der Waals surface area (Å²) >= 11 is 0. The average molecular weight is 276 g/mol. The van der Waals surface area contributed by atoms with E-state index in [9.17, 15) is 0 Å². The second-order valence-electron chi connectivity index (χ2n) is 5.89. The Hall–Kier alpha value is -0.900. The van der Waals surface area contributed by atoms with E-state index in [4.69, 9.17) is 4.74 Å². The highest BCUT2D eigenvalue weighted by molar-refractivity contribution is 5.19. The molecule has 1 aromatic rings. The van der Waals surface area contributed by atoms with Crippen molar-refractivity contribution in [3.63, 3.8) is 0 Å². The molecule has 1 aliphatic heterocycles. The highest BCUT2D eigenvalue weighted by Gasteiger charge is 2.15. The zero-order valence-corrected chi connectivity index (χ0v) is 12.8. The van der Waals surface area contributed by atoms with Gasteiger partial charge in [0.05, 0.1) is 13.2 Å². The van der Waals surface area contributed by atoms with Gasteiger partial charge < -0.3 is 10.1 Å². The van der Waals surface area contributed by atoms with Crippen molar-refractivity contribution < 1.29 is 4.74 Å². The van der Waals surface area contributed by atoms with Gasteiger partial charge in [-0.2, -0.15) is 0 Å². The van der Waals surface area contributed by atoms with E-state index in [1.165, 1.54) is 18.5 Å². The van der Waals surface area contributed by atoms with Crippen molar-refractivity contribution in [2.45, 2.75) is 26.3 Å². The molecule has 0 radical (unpaired) electrons. The highest BCUT2D eigenvalue weighted by atomic mass is 16.5. The van der Waals surface area contributed by atoms with Crippen LogP contribution in [0.2, 0.25) is 0 Å². The first-order valence-corrected chi connectivity index (χ1v) is 7.86. The van der Waals surface area contributed by atoms with E-state index in [-0.39, 0.29) is 0 Å². The standard InChI is InChI=1S/C17H28N2O/c1-15(2)17(16-7-4-3-5-8-16)18-9-6-10-19-11-13-20-14-12-19/h3-5,7-8,15,17-18H,6,9-14H2,1-2H3. The van der Waals surface area contributed by atoms with E-state index >= 15 is 0 Å². The molecule has 1 aliphatic rings. The minimum Gasteiger partial charge on any atom is -0.379 e. The maximum atomic E-state index is 5.38. The summed E-state index contributed by atoms with van der Waals surface area (Å²) in [5.41, 5.74) is 1.40. The van der Waals surface area contributed by atoms with Crippen LogP contribution in [0.1, 0.15) is 31.9 Å². The molecule has 112 valence electrons. The van der Waals surface area contributed by atoms with E-state index in [1.807, 2.05) is 0 Å². The summed E-state index contributed by atoms with van der Waals surface area (Å²) in [6.07, 6.45) is 1.20. The molecule has 1 heterocycles. The third-order valence-electron chi connectivity index (χ3n) is 3.94. The first-order valence-electron chi connectivity index (χ1n) is 7.86. The number of ether oxygens (including phenoxy) is 1. The summed E-state index contributed by atoms with van der Waals surface area (Å²) in [6.45, 7) is 10.8. The van der Waals surface area contributed by atoms with Gasteiger partial charge in [-0.1, -0.05) is 44.2 Å². The predicted octanol–water partition coefficient (Wildman–Crippen LogP) is 2.70. The molecule has 1 saturated heterocycles. The largest absolute Gasteiger partial charge is 0.379 e. The number of hydrogen-bond donors (Lipinski definition) is 1. The minimum atomic E-state index is 0.459. The summed E-state index contributed by atoms with van der Waals surface area (Å²) in [5.74, 6) is 0.612. The van der Waals surface area contributed by atoms with E-state index < -0.39 is 0 Å². The molecular formula is C17H28N2O. The van der Waals surface area contributed by atoms with Crippen molar-refractivity contribution in [2.75, 3.05) is 39.4 Å². The lowest BCUT2D eigenvalue weighted by Gasteiger charge is -2.27. The summed E-state index contributed by atoms with van der Waals surface area (Å²) < 4.78 is 5.38. The quantitative estimate of drug-likeness (QED) is 0.775. The third kappa shape index (κ3) is 4.89. The fraction of sp³-hybridized carbons (Fsp3) is 0.647. The van der Waals surface area contributed by atoms with Gasteiger partial charge in [-0.05, 0) is 31.0 Å². The predicted molar refractivity (Wildman–Crippen MR) is 83.9 cm³/mol. The Kier molecular flexibility index (Phi) is 6.51. The van der Waals surface area contributed by atoms with Crippen molar-refractivity contribution in [3.05, 3.63) is 35.9 Å². The number of hydrogen-bond acceptors (Lipinski definition) is 3. The molecule has 0 saturated carbocycles. The Balaban J connectivity index is 1.72. The summed E-state index contributed by atoms with van der Waals surface area (Å²) in [5, 5.41) is 3.72. The average Bonchev–Trinajstić information content (AvgIpc) is 2.49. The number of rotatable bonds is 7. The molecule has 0 aliphatic carbocycles. The molecular weight excluding hydrogens is 248 g/mol. The van der Waals surface area contributed by atoms with Crippen LogP contribution >= 0.6 is 0 Å². The fourth-order valence-electron chi connectivity index (χ4n) is 2.78. The Morgan fingerprint density at radius 2 is 1.85 bits per heavy atom. The second-order valence-corrected chi connectivity index (χ2v) is 5.89. The Morgan fingerprint density at radius 3 is 2.50 bits per heavy atom. The van der Waals surface area contributed by atoms with Crippen molar-refractivity contribution in [1.29, 1.82) is 0 Å². The molecule has 0 spiro atoms. The van der Waals surface area contributed by atoms with Gasteiger partial charge >= 0.3 is 0 Å². The van der Waals surface area contributed by atoms with Gasteiger partial charge in [-0.15, -0.1) is 0 Å². The van der Waals surface area contributed by atoms with Crippen LogP contribution in [0.25, 0.3) is 0 Å². The van der Waals surface area contributed by atoms with Crippen LogP contribution in [0.3, 0.4) is 0 Å². The maximum Gasteiger partial charge on any atom is 0.0594 e. The van der Waals surface area contributed by atoms with Gasteiger partial charge in [0, 0.05) is 19.1 Å². The molecule has 1 aromatic carbocycles. The molecule has 1 N–H and O–H groups in total. The molecule has 0 aromatic heterocycles. The number of benzene rings is 1. The lowest BCUT2D eigenvalue weighted by Crippen LogP contribution is -2.38. The molecule has 3 nitrogen and oxygen atoms in total. The van der Waals surface area contributed by atoms with Crippen LogP contribution in [0.5, 0.6) is 0 Å². The Bertz CT molecular complexity index is 361. The van der Waals surface area contributed by atoms with Crippen molar-refractivity contribution >= 4 is 0 Å². The van der Waals surface area contributed by atoms with E-state index in [0.29, 0.717) is 12.0 Å². The highest BCUT2D eigenvalue weighted by Crippen LogP contribution is 2.21. The van der Waals surface area contributed by atoms with Crippen LogP contribution in [-0.2, 0) is 4.74 Å². The molecule has 1 fully saturated rings.